The monoisotopic (exact) mass is 306 g/mol. The average Bonchev–Trinajstić information content (AvgIpc) is 2.58. The summed E-state index contributed by atoms with van der Waals surface area (Å²) < 4.78 is 0.522. The molecule has 1 aromatic carbocycles. The summed E-state index contributed by atoms with van der Waals surface area (Å²) in [5, 5.41) is 17.3. The maximum Gasteiger partial charge on any atom is 0.321 e. The quantitative estimate of drug-likeness (QED) is 0.573. The van der Waals surface area contributed by atoms with E-state index in [1.807, 2.05) is 30.3 Å². The van der Waals surface area contributed by atoms with E-state index in [0.29, 0.717) is 16.2 Å². The molecule has 2 aromatic heterocycles. The van der Waals surface area contributed by atoms with E-state index in [1.165, 1.54) is 18.5 Å². The van der Waals surface area contributed by atoms with E-state index in [1.54, 1.807) is 24.3 Å². The Morgan fingerprint density at radius 3 is 2.43 bits per heavy atom. The smallest absolute Gasteiger partial charge is 0.321 e. The van der Waals surface area contributed by atoms with Crippen LogP contribution in [-0.2, 0) is 0 Å². The predicted octanol–water partition coefficient (Wildman–Crippen LogP) is 2.71. The second-order valence-electron chi connectivity index (χ2n) is 4.79. The highest BCUT2D eigenvalue weighted by Gasteiger charge is 2.15. The molecular weight excluding hydrogens is 292 g/mol. The van der Waals surface area contributed by atoms with E-state index in [4.69, 9.17) is 0 Å². The average molecular weight is 306 g/mol. The van der Waals surface area contributed by atoms with Crippen LogP contribution in [0.25, 0.3) is 0 Å². The second-order valence-corrected chi connectivity index (χ2v) is 4.79. The first-order valence-corrected chi connectivity index (χ1v) is 7.00. The van der Waals surface area contributed by atoms with Gasteiger partial charge in [-0.25, -0.2) is 4.98 Å². The van der Waals surface area contributed by atoms with E-state index < -0.39 is 5.91 Å². The lowest BCUT2D eigenvalue weighted by Crippen LogP contribution is -2.36. The normalized spacial score (nSPS) is 10.1. The number of nitrogens with one attached hydrogen (secondary N) is 2. The van der Waals surface area contributed by atoms with Crippen LogP contribution in [0.4, 0.5) is 17.2 Å². The van der Waals surface area contributed by atoms with Crippen molar-refractivity contribution in [1.82, 2.24) is 4.98 Å². The second kappa shape index (κ2) is 6.57. The van der Waals surface area contributed by atoms with Gasteiger partial charge < -0.3 is 15.8 Å². The minimum Gasteiger partial charge on any atom is -0.618 e. The third kappa shape index (κ3) is 3.62. The molecule has 0 spiro atoms. The Morgan fingerprint density at radius 2 is 1.74 bits per heavy atom. The number of anilines is 3. The molecule has 0 saturated heterocycles. The molecule has 23 heavy (non-hydrogen) atoms. The number of para-hydroxylation sites is 1. The molecule has 0 aliphatic heterocycles. The molecular formula is C17H14N4O2. The highest BCUT2D eigenvalue weighted by atomic mass is 16.5. The molecule has 6 nitrogen and oxygen atoms in total. The van der Waals surface area contributed by atoms with Gasteiger partial charge in [0.05, 0.1) is 11.9 Å². The van der Waals surface area contributed by atoms with Gasteiger partial charge in [0, 0.05) is 17.8 Å². The molecule has 0 radical (unpaired) electrons. The maximum atomic E-state index is 12.0. The van der Waals surface area contributed by atoms with Gasteiger partial charge in [-0.3, -0.25) is 4.79 Å². The molecule has 0 atom stereocenters. The van der Waals surface area contributed by atoms with Crippen LogP contribution < -0.4 is 15.4 Å². The fourth-order valence-electron chi connectivity index (χ4n) is 2.01. The van der Waals surface area contributed by atoms with Crippen LogP contribution in [0.15, 0.2) is 73.1 Å². The van der Waals surface area contributed by atoms with E-state index >= 15 is 0 Å². The van der Waals surface area contributed by atoms with Gasteiger partial charge in [0.15, 0.2) is 6.20 Å². The van der Waals surface area contributed by atoms with E-state index in [2.05, 4.69) is 15.6 Å². The van der Waals surface area contributed by atoms with Crippen molar-refractivity contribution in [3.63, 3.8) is 0 Å². The van der Waals surface area contributed by atoms with Crippen molar-refractivity contribution in [3.8, 4) is 0 Å². The Hall–Kier alpha value is -3.41. The molecule has 1 amide bonds. The standard InChI is InChI=1S/C17H14N4O2/c22-17(15-8-4-5-11-21(15)23)20-14-9-10-16(18-12-14)19-13-6-2-1-3-7-13/h1-12H,(H,18,19)(H,20,22). The number of benzene rings is 1. The number of carbonyl (C=O) groups is 1. The van der Waals surface area contributed by atoms with E-state index in [0.717, 1.165) is 5.69 Å². The zero-order chi connectivity index (χ0) is 16.1. The molecule has 3 rings (SSSR count). The lowest BCUT2D eigenvalue weighted by molar-refractivity contribution is -0.607. The number of carbonyl (C=O) groups excluding carboxylic acids is 1. The van der Waals surface area contributed by atoms with Gasteiger partial charge in [0.1, 0.15) is 5.82 Å². The molecule has 0 bridgehead atoms. The van der Waals surface area contributed by atoms with Crippen LogP contribution in [0.1, 0.15) is 10.5 Å². The number of aromatic nitrogens is 2. The molecule has 2 N–H and O–H groups in total. The van der Waals surface area contributed by atoms with Crippen molar-refractivity contribution < 1.29 is 9.52 Å². The Bertz CT molecular complexity index is 804. The maximum absolute atomic E-state index is 12.0. The first kappa shape index (κ1) is 14.5. The third-order valence-corrected chi connectivity index (χ3v) is 3.12. The minimum absolute atomic E-state index is 0.0268. The Kier molecular flexibility index (Phi) is 4.15. The lowest BCUT2D eigenvalue weighted by atomic mass is 10.3. The van der Waals surface area contributed by atoms with Crippen LogP contribution in [0, 0.1) is 5.21 Å². The first-order valence-electron chi connectivity index (χ1n) is 7.00. The van der Waals surface area contributed by atoms with E-state index in [9.17, 15) is 10.0 Å². The van der Waals surface area contributed by atoms with Crippen LogP contribution in [0.3, 0.4) is 0 Å². The van der Waals surface area contributed by atoms with E-state index in [-0.39, 0.29) is 5.69 Å². The van der Waals surface area contributed by atoms with Gasteiger partial charge in [-0.15, -0.1) is 0 Å². The van der Waals surface area contributed by atoms with Gasteiger partial charge in [-0.05, 0) is 30.3 Å². The number of hydrogen-bond donors (Lipinski definition) is 2. The highest BCUT2D eigenvalue weighted by Crippen LogP contribution is 2.15. The topological polar surface area (TPSA) is 81.0 Å². The minimum atomic E-state index is -0.480. The lowest BCUT2D eigenvalue weighted by Gasteiger charge is -2.08. The molecule has 0 aliphatic carbocycles. The van der Waals surface area contributed by atoms with Gasteiger partial charge in [0.25, 0.3) is 5.69 Å². The highest BCUT2D eigenvalue weighted by molar-refractivity contribution is 6.01. The van der Waals surface area contributed by atoms with Crippen molar-refractivity contribution in [1.29, 1.82) is 0 Å². The number of hydrogen-bond acceptors (Lipinski definition) is 4. The third-order valence-electron chi connectivity index (χ3n) is 3.12. The van der Waals surface area contributed by atoms with Crippen molar-refractivity contribution in [2.24, 2.45) is 0 Å². The van der Waals surface area contributed by atoms with Crippen molar-refractivity contribution in [2.75, 3.05) is 10.6 Å². The molecule has 6 heteroatoms. The SMILES string of the molecule is O=C(Nc1ccc(Nc2ccccc2)nc1)c1cccc[n+]1[O-]. The van der Waals surface area contributed by atoms with Gasteiger partial charge in [0.2, 0.25) is 0 Å². The number of rotatable bonds is 4. The van der Waals surface area contributed by atoms with Crippen LogP contribution in [0.2, 0.25) is 0 Å². The van der Waals surface area contributed by atoms with Gasteiger partial charge >= 0.3 is 5.91 Å². The van der Waals surface area contributed by atoms with Crippen molar-refractivity contribution in [3.05, 3.63) is 84.0 Å². The summed E-state index contributed by atoms with van der Waals surface area (Å²) in [6.07, 6.45) is 2.81. The number of nitrogens with zero attached hydrogens (tertiary/aromatic N) is 2. The number of pyridine rings is 2. The van der Waals surface area contributed by atoms with Crippen LogP contribution in [0.5, 0.6) is 0 Å². The molecule has 2 heterocycles. The fourth-order valence-corrected chi connectivity index (χ4v) is 2.01. The molecule has 3 aromatic rings. The Morgan fingerprint density at radius 1 is 0.957 bits per heavy atom. The van der Waals surface area contributed by atoms with Crippen molar-refractivity contribution in [2.45, 2.75) is 0 Å². The molecule has 114 valence electrons. The fraction of sp³-hybridized carbons (Fsp3) is 0. The molecule has 0 unspecified atom stereocenters. The predicted molar refractivity (Wildman–Crippen MR) is 87.3 cm³/mol. The molecule has 0 saturated carbocycles. The molecule has 0 aliphatic rings. The Balaban J connectivity index is 1.68. The summed E-state index contributed by atoms with van der Waals surface area (Å²) in [4.78, 5) is 16.3. The summed E-state index contributed by atoms with van der Waals surface area (Å²) >= 11 is 0. The van der Waals surface area contributed by atoms with Crippen LogP contribution in [-0.4, -0.2) is 10.9 Å². The summed E-state index contributed by atoms with van der Waals surface area (Å²) in [6, 6.07) is 17.8. The largest absolute Gasteiger partial charge is 0.618 e. The van der Waals surface area contributed by atoms with Gasteiger partial charge in [-0.2, -0.15) is 4.73 Å². The summed E-state index contributed by atoms with van der Waals surface area (Å²) in [5.41, 5.74) is 1.46. The zero-order valence-corrected chi connectivity index (χ0v) is 12.1. The summed E-state index contributed by atoms with van der Waals surface area (Å²) in [7, 11) is 0. The zero-order valence-electron chi connectivity index (χ0n) is 12.1. The summed E-state index contributed by atoms with van der Waals surface area (Å²) in [6.45, 7) is 0. The van der Waals surface area contributed by atoms with Gasteiger partial charge in [-0.1, -0.05) is 18.2 Å². The first-order chi connectivity index (χ1) is 11.2. The number of amides is 1. The Labute approximate surface area is 133 Å². The summed E-state index contributed by atoms with van der Waals surface area (Å²) in [5.74, 6) is 0.180. The van der Waals surface area contributed by atoms with Crippen molar-refractivity contribution >= 4 is 23.1 Å². The molecule has 0 fully saturated rings. The van der Waals surface area contributed by atoms with Crippen LogP contribution >= 0.6 is 0 Å².